The van der Waals surface area contributed by atoms with Gasteiger partial charge in [-0.3, -0.25) is 0 Å². The number of hydrogen-bond acceptors (Lipinski definition) is 3. The van der Waals surface area contributed by atoms with Crippen LogP contribution in [0.2, 0.25) is 0 Å². The number of sulfonamides is 1. The monoisotopic (exact) mass is 485 g/mol. The summed E-state index contributed by atoms with van der Waals surface area (Å²) < 4.78 is 28.3. The molecule has 6 heteroatoms. The average molecular weight is 484 g/mol. The van der Waals surface area contributed by atoms with Crippen molar-refractivity contribution in [2.45, 2.75) is 18.2 Å². The van der Waals surface area contributed by atoms with Crippen LogP contribution in [0.4, 0.5) is 4.79 Å². The Morgan fingerprint density at radius 3 is 2.13 bits per heavy atom. The molecule has 1 amide bonds. The Labute approximate surface area is 184 Å². The Morgan fingerprint density at radius 2 is 1.50 bits per heavy atom. The fourth-order valence-corrected chi connectivity index (χ4v) is 6.29. The summed E-state index contributed by atoms with van der Waals surface area (Å²) in [6, 6.07) is 25.7. The van der Waals surface area contributed by atoms with Gasteiger partial charge in [0.15, 0.2) is 0 Å². The molecule has 154 valence electrons. The van der Waals surface area contributed by atoms with Gasteiger partial charge in [0.05, 0.1) is 0 Å². The van der Waals surface area contributed by atoms with Gasteiger partial charge in [-0.1, -0.05) is 0 Å². The van der Waals surface area contributed by atoms with Crippen molar-refractivity contribution in [1.29, 1.82) is 0 Å². The second-order valence-electron chi connectivity index (χ2n) is 6.67. The van der Waals surface area contributed by atoms with Crippen molar-refractivity contribution in [3.05, 3.63) is 102 Å². The van der Waals surface area contributed by atoms with E-state index in [4.69, 9.17) is 0 Å². The molecule has 3 aromatic carbocycles. The Balaban J connectivity index is 1.81. The first-order chi connectivity index (χ1) is 14.5. The molecule has 0 N–H and O–H groups in total. The third-order valence-corrected chi connectivity index (χ3v) is 8.32. The number of aryl methyl sites for hydroxylation is 1. The first kappa shape index (κ1) is 22.0. The van der Waals surface area contributed by atoms with Gasteiger partial charge in [-0.2, -0.15) is 0 Å². The van der Waals surface area contributed by atoms with Crippen molar-refractivity contribution >= 4 is 40.3 Å². The second kappa shape index (κ2) is 10.4. The minimum absolute atomic E-state index is 0.104. The zero-order valence-electron chi connectivity index (χ0n) is 16.6. The van der Waals surface area contributed by atoms with Crippen molar-refractivity contribution in [2.24, 2.45) is 0 Å². The van der Waals surface area contributed by atoms with Crippen LogP contribution in [0.5, 0.6) is 0 Å². The van der Waals surface area contributed by atoms with Crippen LogP contribution in [-0.2, 0) is 10.0 Å². The second-order valence-corrected chi connectivity index (χ2v) is 10.7. The van der Waals surface area contributed by atoms with Gasteiger partial charge < -0.3 is 0 Å². The molecule has 0 saturated carbocycles. The van der Waals surface area contributed by atoms with E-state index in [1.807, 2.05) is 79.7 Å². The molecule has 0 aliphatic rings. The van der Waals surface area contributed by atoms with Crippen LogP contribution in [0.25, 0.3) is 6.08 Å². The molecule has 0 bridgehead atoms. The topological polar surface area (TPSA) is 54.5 Å². The number of carbonyl (C=O) groups excluding carboxylic acids is 1. The van der Waals surface area contributed by atoms with E-state index in [1.165, 1.54) is 0 Å². The summed E-state index contributed by atoms with van der Waals surface area (Å²) in [5.41, 5.74) is 2.00. The van der Waals surface area contributed by atoms with Gasteiger partial charge in [0.25, 0.3) is 0 Å². The Morgan fingerprint density at radius 1 is 0.900 bits per heavy atom. The quantitative estimate of drug-likeness (QED) is 0.450. The van der Waals surface area contributed by atoms with E-state index in [9.17, 15) is 13.2 Å². The van der Waals surface area contributed by atoms with Crippen LogP contribution in [0.15, 0.2) is 95.9 Å². The summed E-state index contributed by atoms with van der Waals surface area (Å²) in [7, 11) is -3.92. The fourth-order valence-electron chi connectivity index (χ4n) is 2.76. The van der Waals surface area contributed by atoms with E-state index in [2.05, 4.69) is 0 Å². The molecule has 0 heterocycles. The molecule has 4 nitrogen and oxygen atoms in total. The molecule has 30 heavy (non-hydrogen) atoms. The number of benzene rings is 3. The molecule has 0 atom stereocenters. The van der Waals surface area contributed by atoms with E-state index >= 15 is 0 Å². The van der Waals surface area contributed by atoms with Gasteiger partial charge in [0.1, 0.15) is 0 Å². The van der Waals surface area contributed by atoms with Gasteiger partial charge in [0, 0.05) is 0 Å². The zero-order chi connectivity index (χ0) is 21.4. The minimum atomic E-state index is -3.92. The fraction of sp³-hybridized carbons (Fsp3) is 0.125. The number of rotatable bonds is 8. The van der Waals surface area contributed by atoms with Gasteiger partial charge >= 0.3 is 185 Å². The summed E-state index contributed by atoms with van der Waals surface area (Å²) in [5.74, 6) is 0. The van der Waals surface area contributed by atoms with Crippen LogP contribution in [-0.4, -0.2) is 39.0 Å². The number of hydrogen-bond donors (Lipinski definition) is 0. The van der Waals surface area contributed by atoms with Gasteiger partial charge in [-0.15, -0.1) is 0 Å². The van der Waals surface area contributed by atoms with Gasteiger partial charge in [-0.25, -0.2) is 0 Å². The van der Waals surface area contributed by atoms with Gasteiger partial charge in [0.2, 0.25) is 0 Å². The van der Waals surface area contributed by atoms with E-state index in [0.29, 0.717) is 6.42 Å². The maximum absolute atomic E-state index is 13.2. The molecule has 0 unspecified atom stereocenters. The summed E-state index contributed by atoms with van der Waals surface area (Å²) in [6.07, 6.45) is 4.27. The predicted octanol–water partition coefficient (Wildman–Crippen LogP) is 4.24. The summed E-state index contributed by atoms with van der Waals surface area (Å²) in [6.45, 7) is 2.00. The van der Waals surface area contributed by atoms with Crippen LogP contribution >= 0.6 is 0 Å². The molecule has 0 spiro atoms. The van der Waals surface area contributed by atoms with Crippen molar-refractivity contribution in [1.82, 2.24) is 4.31 Å². The summed E-state index contributed by atoms with van der Waals surface area (Å²) in [5, 5.41) is 0. The van der Waals surface area contributed by atoms with Crippen LogP contribution < -0.4 is 4.46 Å². The number of carbonyl (C=O) groups is 1. The third kappa shape index (κ3) is 5.92. The van der Waals surface area contributed by atoms with Crippen LogP contribution in [0, 0.1) is 6.92 Å². The molecule has 3 aromatic rings. The zero-order valence-corrected chi connectivity index (χ0v) is 19.2. The van der Waals surface area contributed by atoms with Crippen molar-refractivity contribution in [3.8, 4) is 0 Å². The SMILES string of the molecule is Cc1ccc(S(=O)(=O)N(CC/C=C/c2ccccc2)C(=O)[Se]c2ccccc2)cc1. The normalized spacial score (nSPS) is 11.5. The first-order valence-electron chi connectivity index (χ1n) is 9.55. The molecular weight excluding hydrogens is 461 g/mol. The van der Waals surface area contributed by atoms with Crippen molar-refractivity contribution in [3.63, 3.8) is 0 Å². The molecule has 0 aliphatic heterocycles. The first-order valence-corrected chi connectivity index (χ1v) is 12.7. The van der Waals surface area contributed by atoms with E-state index < -0.39 is 25.0 Å². The average Bonchev–Trinajstić information content (AvgIpc) is 2.75. The predicted molar refractivity (Wildman–Crippen MR) is 122 cm³/mol. The summed E-state index contributed by atoms with van der Waals surface area (Å²) >= 11 is -0.623. The third-order valence-electron chi connectivity index (χ3n) is 4.37. The Hall–Kier alpha value is -2.66. The Kier molecular flexibility index (Phi) is 7.63. The molecule has 0 aliphatic carbocycles. The van der Waals surface area contributed by atoms with E-state index in [1.54, 1.807) is 24.3 Å². The molecule has 3 rings (SSSR count). The molecular formula is C24H23NO3SSe. The number of amides is 1. The molecule has 0 saturated heterocycles. The Bertz CT molecular complexity index is 1100. The molecule has 0 fully saturated rings. The summed E-state index contributed by atoms with van der Waals surface area (Å²) in [4.78, 5) is 12.8. The van der Waals surface area contributed by atoms with Crippen LogP contribution in [0.3, 0.4) is 0 Å². The van der Waals surface area contributed by atoms with Crippen LogP contribution in [0.1, 0.15) is 17.5 Å². The molecule has 0 aromatic heterocycles. The maximum atomic E-state index is 13.2. The van der Waals surface area contributed by atoms with E-state index in [-0.39, 0.29) is 16.2 Å². The van der Waals surface area contributed by atoms with Gasteiger partial charge in [-0.05, 0) is 0 Å². The standard InChI is InChI=1S/C24H23NO3SSe/c1-20-15-17-22(18-16-20)29(27,28)25(24(26)30-23-13-6-3-7-14-23)19-9-8-12-21-10-4-2-5-11-21/h2-8,10-18H,9,19H2,1H3/b12-8+. The number of nitrogens with zero attached hydrogens (tertiary/aromatic N) is 1. The van der Waals surface area contributed by atoms with E-state index in [0.717, 1.165) is 19.9 Å². The van der Waals surface area contributed by atoms with Crippen molar-refractivity contribution in [2.75, 3.05) is 6.54 Å². The van der Waals surface area contributed by atoms with Crippen molar-refractivity contribution < 1.29 is 13.2 Å². The molecule has 0 radical (unpaired) electrons.